The van der Waals surface area contributed by atoms with E-state index in [1.54, 1.807) is 22.2 Å². The molecule has 2 fully saturated rings. The summed E-state index contributed by atoms with van der Waals surface area (Å²) in [4.78, 5) is 33.2. The minimum absolute atomic E-state index is 0.0835. The van der Waals surface area contributed by atoms with Crippen molar-refractivity contribution in [3.63, 3.8) is 0 Å². The number of oxazole rings is 1. The summed E-state index contributed by atoms with van der Waals surface area (Å²) in [6, 6.07) is 0.767. The van der Waals surface area contributed by atoms with Crippen molar-refractivity contribution < 1.29 is 27.2 Å². The molecule has 35 heavy (non-hydrogen) atoms. The van der Waals surface area contributed by atoms with Crippen LogP contribution in [0.25, 0.3) is 0 Å². The second-order valence-corrected chi connectivity index (χ2v) is 9.18. The molecule has 0 bridgehead atoms. The second-order valence-electron chi connectivity index (χ2n) is 9.18. The number of amides is 3. The molecule has 1 N–H and O–H groups in total. The lowest BCUT2D eigenvalue weighted by Gasteiger charge is -2.37. The standard InChI is InChI=1S/C23H21F3N6O3/c24-15-4-14(5-16(25)22(15)26)29-23(34)31-9-19-17(6-28-32(19)10-18(31)12-1-2-12)30-8-13(3-21(30)33)20-7-27-11-35-20/h4-7,11-13,18H,1-3,8-10H2,(H,29,34). The quantitative estimate of drug-likeness (QED) is 0.568. The third-order valence-corrected chi connectivity index (χ3v) is 6.94. The molecule has 9 nitrogen and oxygen atoms in total. The molecule has 1 saturated carbocycles. The molecular formula is C23H21F3N6O3. The first kappa shape index (κ1) is 21.7. The van der Waals surface area contributed by atoms with E-state index in [2.05, 4.69) is 15.4 Å². The van der Waals surface area contributed by atoms with Gasteiger partial charge in [-0.15, -0.1) is 0 Å². The van der Waals surface area contributed by atoms with Crippen LogP contribution in [0.15, 0.2) is 35.3 Å². The van der Waals surface area contributed by atoms with Crippen molar-refractivity contribution in [2.75, 3.05) is 16.8 Å². The molecule has 1 saturated heterocycles. The van der Waals surface area contributed by atoms with E-state index < -0.39 is 23.5 Å². The molecule has 1 aliphatic carbocycles. The predicted octanol–water partition coefficient (Wildman–Crippen LogP) is 3.64. The Labute approximate surface area is 197 Å². The summed E-state index contributed by atoms with van der Waals surface area (Å²) in [5.41, 5.74) is 1.13. The number of nitrogens with one attached hydrogen (secondary N) is 1. The van der Waals surface area contributed by atoms with Gasteiger partial charge < -0.3 is 19.5 Å². The fourth-order valence-electron chi connectivity index (χ4n) is 4.99. The summed E-state index contributed by atoms with van der Waals surface area (Å²) in [6.45, 7) is 0.997. The number of carbonyl (C=O) groups excluding carboxylic acids is 2. The molecule has 2 aromatic heterocycles. The molecule has 2 aliphatic heterocycles. The number of anilines is 2. The van der Waals surface area contributed by atoms with Crippen LogP contribution in [-0.2, 0) is 17.9 Å². The Morgan fingerprint density at radius 3 is 2.57 bits per heavy atom. The van der Waals surface area contributed by atoms with E-state index in [0.29, 0.717) is 30.2 Å². The zero-order valence-electron chi connectivity index (χ0n) is 18.5. The van der Waals surface area contributed by atoms with E-state index in [1.165, 1.54) is 6.39 Å². The molecule has 4 heterocycles. The van der Waals surface area contributed by atoms with E-state index >= 15 is 0 Å². The topological polar surface area (TPSA) is 96.5 Å². The first-order valence-corrected chi connectivity index (χ1v) is 11.3. The van der Waals surface area contributed by atoms with Gasteiger partial charge in [0.1, 0.15) is 5.76 Å². The van der Waals surface area contributed by atoms with Crippen LogP contribution in [0.4, 0.5) is 29.3 Å². The van der Waals surface area contributed by atoms with Gasteiger partial charge in [-0.1, -0.05) is 0 Å². The van der Waals surface area contributed by atoms with Gasteiger partial charge in [0.25, 0.3) is 0 Å². The maximum atomic E-state index is 13.7. The summed E-state index contributed by atoms with van der Waals surface area (Å²) in [6.07, 6.45) is 6.75. The Balaban J connectivity index is 1.26. The molecule has 3 amide bonds. The van der Waals surface area contributed by atoms with Crippen molar-refractivity contribution in [3.8, 4) is 0 Å². The van der Waals surface area contributed by atoms with Crippen LogP contribution >= 0.6 is 0 Å². The van der Waals surface area contributed by atoms with Gasteiger partial charge in [0.05, 0.1) is 42.9 Å². The van der Waals surface area contributed by atoms with Crippen LogP contribution in [0.2, 0.25) is 0 Å². The highest BCUT2D eigenvalue weighted by atomic mass is 19.2. The number of halogens is 3. The number of nitrogens with zero attached hydrogens (tertiary/aromatic N) is 5. The highest BCUT2D eigenvalue weighted by Gasteiger charge is 2.43. The zero-order valence-corrected chi connectivity index (χ0v) is 18.5. The number of aromatic nitrogens is 3. The normalized spacial score (nSPS) is 22.0. The summed E-state index contributed by atoms with van der Waals surface area (Å²) in [7, 11) is 0. The molecule has 12 heteroatoms. The van der Waals surface area contributed by atoms with E-state index in [0.717, 1.165) is 25.0 Å². The lowest BCUT2D eigenvalue weighted by molar-refractivity contribution is -0.117. The predicted molar refractivity (Wildman–Crippen MR) is 116 cm³/mol. The number of rotatable bonds is 4. The highest BCUT2D eigenvalue weighted by molar-refractivity contribution is 5.97. The largest absolute Gasteiger partial charge is 0.448 e. The van der Waals surface area contributed by atoms with Crippen molar-refractivity contribution in [1.29, 1.82) is 0 Å². The van der Waals surface area contributed by atoms with Crippen LogP contribution in [0.5, 0.6) is 0 Å². The van der Waals surface area contributed by atoms with Gasteiger partial charge in [-0.3, -0.25) is 9.48 Å². The Morgan fingerprint density at radius 1 is 1.11 bits per heavy atom. The number of fused-ring (bicyclic) bond motifs is 1. The molecule has 1 aromatic carbocycles. The monoisotopic (exact) mass is 486 g/mol. The van der Waals surface area contributed by atoms with Gasteiger partial charge in [0.15, 0.2) is 23.8 Å². The number of hydrogen-bond donors (Lipinski definition) is 1. The van der Waals surface area contributed by atoms with Crippen LogP contribution in [-0.4, -0.2) is 44.2 Å². The number of hydrogen-bond acceptors (Lipinski definition) is 5. The fourth-order valence-corrected chi connectivity index (χ4v) is 4.99. The lowest BCUT2D eigenvalue weighted by atomic mass is 10.1. The smallest absolute Gasteiger partial charge is 0.322 e. The Kier molecular flexibility index (Phi) is 5.04. The molecule has 2 unspecified atom stereocenters. The van der Waals surface area contributed by atoms with Crippen molar-refractivity contribution in [2.45, 2.75) is 44.3 Å². The van der Waals surface area contributed by atoms with E-state index in [-0.39, 0.29) is 42.4 Å². The number of benzene rings is 1. The summed E-state index contributed by atoms with van der Waals surface area (Å²) >= 11 is 0. The van der Waals surface area contributed by atoms with E-state index in [1.807, 2.05) is 4.68 Å². The van der Waals surface area contributed by atoms with Crippen molar-refractivity contribution in [2.24, 2.45) is 5.92 Å². The minimum atomic E-state index is -1.59. The van der Waals surface area contributed by atoms with Gasteiger partial charge >= 0.3 is 6.03 Å². The maximum absolute atomic E-state index is 13.7. The van der Waals surface area contributed by atoms with Gasteiger partial charge in [-0.25, -0.2) is 22.9 Å². The van der Waals surface area contributed by atoms with Crippen molar-refractivity contribution in [1.82, 2.24) is 19.7 Å². The van der Waals surface area contributed by atoms with Crippen molar-refractivity contribution >= 4 is 23.3 Å². The zero-order chi connectivity index (χ0) is 24.3. The molecule has 0 spiro atoms. The maximum Gasteiger partial charge on any atom is 0.322 e. The fraction of sp³-hybridized carbons (Fsp3) is 0.391. The highest BCUT2D eigenvalue weighted by Crippen LogP contribution is 2.41. The molecule has 3 aromatic rings. The van der Waals surface area contributed by atoms with Crippen LogP contribution in [0.1, 0.15) is 36.6 Å². The van der Waals surface area contributed by atoms with Crippen LogP contribution < -0.4 is 10.2 Å². The SMILES string of the molecule is O=C1CC(c2cnco2)CN1c1cnn2c1CN(C(=O)Nc1cc(F)c(F)c(F)c1)C(C1CC1)C2. The Hall–Kier alpha value is -3.83. The first-order valence-electron chi connectivity index (χ1n) is 11.3. The van der Waals surface area contributed by atoms with Gasteiger partial charge in [-0.05, 0) is 18.8 Å². The molecule has 0 radical (unpaired) electrons. The van der Waals surface area contributed by atoms with E-state index in [4.69, 9.17) is 4.42 Å². The Morgan fingerprint density at radius 2 is 1.89 bits per heavy atom. The number of urea groups is 1. The van der Waals surface area contributed by atoms with Crippen LogP contribution in [0.3, 0.4) is 0 Å². The lowest BCUT2D eigenvalue weighted by Crippen LogP contribution is -2.49. The summed E-state index contributed by atoms with van der Waals surface area (Å²) < 4.78 is 47.8. The van der Waals surface area contributed by atoms with Crippen LogP contribution in [0, 0.1) is 23.4 Å². The van der Waals surface area contributed by atoms with Gasteiger partial charge in [-0.2, -0.15) is 5.10 Å². The van der Waals surface area contributed by atoms with Gasteiger partial charge in [0.2, 0.25) is 5.91 Å². The third-order valence-electron chi connectivity index (χ3n) is 6.94. The molecular weight excluding hydrogens is 465 g/mol. The molecule has 182 valence electrons. The third kappa shape index (κ3) is 3.82. The average Bonchev–Trinajstić information content (AvgIpc) is 3.20. The average molecular weight is 486 g/mol. The number of carbonyl (C=O) groups is 2. The first-order chi connectivity index (χ1) is 16.9. The molecule has 2 atom stereocenters. The van der Waals surface area contributed by atoms with E-state index in [9.17, 15) is 22.8 Å². The van der Waals surface area contributed by atoms with Crippen molar-refractivity contribution in [3.05, 3.63) is 59.8 Å². The summed E-state index contributed by atoms with van der Waals surface area (Å²) in [5.74, 6) is -3.66. The summed E-state index contributed by atoms with van der Waals surface area (Å²) in [5, 5.41) is 6.97. The van der Waals surface area contributed by atoms with Gasteiger partial charge in [0, 0.05) is 36.7 Å². The molecule has 3 aliphatic rings. The minimum Gasteiger partial charge on any atom is -0.448 e. The second kappa shape index (κ2) is 8.14. The Bertz CT molecular complexity index is 1280. The molecule has 6 rings (SSSR count).